The van der Waals surface area contributed by atoms with Crippen molar-refractivity contribution in [2.24, 2.45) is 7.05 Å². The van der Waals surface area contributed by atoms with Crippen molar-refractivity contribution in [3.05, 3.63) is 63.4 Å². The first-order chi connectivity index (χ1) is 13.0. The van der Waals surface area contributed by atoms with Crippen LogP contribution in [0.15, 0.2) is 41.6 Å². The minimum atomic E-state index is 0.297. The highest BCUT2D eigenvalue weighted by Gasteiger charge is 2.12. The predicted molar refractivity (Wildman–Crippen MR) is 109 cm³/mol. The summed E-state index contributed by atoms with van der Waals surface area (Å²) in [6.07, 6.45) is 0. The Labute approximate surface area is 172 Å². The smallest absolute Gasteiger partial charge is 0.191 e. The summed E-state index contributed by atoms with van der Waals surface area (Å²) in [6.45, 7) is 2.30. The highest BCUT2D eigenvalue weighted by Crippen LogP contribution is 2.30. The number of methoxy groups -OCH3 is 1. The lowest BCUT2D eigenvalue weighted by Gasteiger charge is -2.11. The fraction of sp³-hybridized carbons (Fsp3) is 0.263. The van der Waals surface area contributed by atoms with Crippen LogP contribution in [0, 0.1) is 6.92 Å². The van der Waals surface area contributed by atoms with E-state index in [0.29, 0.717) is 33.9 Å². The molecule has 3 rings (SSSR count). The van der Waals surface area contributed by atoms with E-state index in [9.17, 15) is 0 Å². The maximum Gasteiger partial charge on any atom is 0.191 e. The molecule has 0 bridgehead atoms. The Kier molecular flexibility index (Phi) is 6.52. The summed E-state index contributed by atoms with van der Waals surface area (Å²) in [5, 5.41) is 10.5. The van der Waals surface area contributed by atoms with Gasteiger partial charge >= 0.3 is 0 Å². The number of nitrogens with zero attached hydrogens (tertiary/aromatic N) is 3. The van der Waals surface area contributed by atoms with E-state index in [0.717, 1.165) is 22.1 Å². The monoisotopic (exact) mass is 423 g/mol. The first kappa shape index (κ1) is 19.9. The zero-order valence-corrected chi connectivity index (χ0v) is 17.5. The Morgan fingerprint density at radius 3 is 2.63 bits per heavy atom. The fourth-order valence-electron chi connectivity index (χ4n) is 2.41. The van der Waals surface area contributed by atoms with Crippen LogP contribution in [-0.2, 0) is 19.4 Å². The molecule has 1 aromatic heterocycles. The van der Waals surface area contributed by atoms with Gasteiger partial charge in [0.2, 0.25) is 0 Å². The molecule has 0 saturated heterocycles. The summed E-state index contributed by atoms with van der Waals surface area (Å²) in [5.41, 5.74) is 2.11. The van der Waals surface area contributed by atoms with Crippen molar-refractivity contribution in [3.8, 4) is 11.5 Å². The van der Waals surface area contributed by atoms with Crippen LogP contribution in [0.3, 0.4) is 0 Å². The molecule has 0 radical (unpaired) electrons. The van der Waals surface area contributed by atoms with E-state index in [1.165, 1.54) is 0 Å². The van der Waals surface area contributed by atoms with E-state index in [1.54, 1.807) is 24.9 Å². The van der Waals surface area contributed by atoms with Crippen LogP contribution in [0.4, 0.5) is 0 Å². The van der Waals surface area contributed by atoms with Gasteiger partial charge in [0.1, 0.15) is 6.61 Å². The van der Waals surface area contributed by atoms with Gasteiger partial charge in [0.05, 0.1) is 7.11 Å². The standard InChI is InChI=1S/C19H19Cl2N3O2S/c1-12-4-7-16(17(8-12)25-3)26-10-18-22-23-19(24(18)2)27-11-13-5-6-14(20)9-15(13)21/h4-9H,10-11H2,1-3H3. The predicted octanol–water partition coefficient (Wildman–Crippen LogP) is 5.31. The normalized spacial score (nSPS) is 10.9. The quantitative estimate of drug-likeness (QED) is 0.481. The molecule has 0 N–H and O–H groups in total. The second-order valence-corrected chi connectivity index (χ2v) is 7.71. The van der Waals surface area contributed by atoms with E-state index in [4.69, 9.17) is 32.7 Å². The summed E-state index contributed by atoms with van der Waals surface area (Å²) in [6, 6.07) is 11.3. The molecule has 0 atom stereocenters. The number of aromatic nitrogens is 3. The second kappa shape index (κ2) is 8.87. The van der Waals surface area contributed by atoms with Gasteiger partial charge in [0, 0.05) is 22.8 Å². The molecule has 2 aromatic carbocycles. The third kappa shape index (κ3) is 4.89. The number of halogens is 2. The highest BCUT2D eigenvalue weighted by atomic mass is 35.5. The van der Waals surface area contributed by atoms with Gasteiger partial charge in [-0.2, -0.15) is 0 Å². The average Bonchev–Trinajstić information content (AvgIpc) is 2.99. The third-order valence-electron chi connectivity index (χ3n) is 3.97. The summed E-state index contributed by atoms with van der Waals surface area (Å²) < 4.78 is 13.1. The van der Waals surface area contributed by atoms with E-state index in [1.807, 2.05) is 48.9 Å². The van der Waals surface area contributed by atoms with Crippen LogP contribution in [-0.4, -0.2) is 21.9 Å². The molecule has 0 spiro atoms. The van der Waals surface area contributed by atoms with E-state index in [-0.39, 0.29) is 0 Å². The van der Waals surface area contributed by atoms with Crippen LogP contribution >= 0.6 is 35.0 Å². The van der Waals surface area contributed by atoms with Gasteiger partial charge in [0.25, 0.3) is 0 Å². The number of thioether (sulfide) groups is 1. The molecule has 0 unspecified atom stereocenters. The molecule has 142 valence electrons. The van der Waals surface area contributed by atoms with E-state index in [2.05, 4.69) is 10.2 Å². The summed E-state index contributed by atoms with van der Waals surface area (Å²) in [5.74, 6) is 2.77. The molecule has 3 aromatic rings. The van der Waals surface area contributed by atoms with E-state index < -0.39 is 0 Å². The van der Waals surface area contributed by atoms with Crippen molar-refractivity contribution >= 4 is 35.0 Å². The zero-order valence-electron chi connectivity index (χ0n) is 15.2. The van der Waals surface area contributed by atoms with Gasteiger partial charge in [-0.1, -0.05) is 47.1 Å². The first-order valence-corrected chi connectivity index (χ1v) is 9.94. The molecule has 1 heterocycles. The van der Waals surface area contributed by atoms with Crippen LogP contribution in [0.25, 0.3) is 0 Å². The molecule has 8 heteroatoms. The number of ether oxygens (including phenoxy) is 2. The SMILES string of the molecule is COc1cc(C)ccc1OCc1nnc(SCc2ccc(Cl)cc2Cl)n1C. The van der Waals surface area contributed by atoms with E-state index >= 15 is 0 Å². The van der Waals surface area contributed by atoms with Crippen LogP contribution < -0.4 is 9.47 Å². The number of hydrogen-bond donors (Lipinski definition) is 0. The molecule has 0 amide bonds. The van der Waals surface area contributed by atoms with Crippen molar-refractivity contribution in [2.45, 2.75) is 24.4 Å². The number of hydrogen-bond acceptors (Lipinski definition) is 5. The summed E-state index contributed by atoms with van der Waals surface area (Å²) >= 11 is 13.7. The van der Waals surface area contributed by atoms with Gasteiger partial charge < -0.3 is 14.0 Å². The first-order valence-electron chi connectivity index (χ1n) is 8.20. The fourth-order valence-corrected chi connectivity index (χ4v) is 3.90. The maximum atomic E-state index is 6.23. The molecule has 27 heavy (non-hydrogen) atoms. The topological polar surface area (TPSA) is 49.2 Å². The Hall–Kier alpha value is -1.89. The largest absolute Gasteiger partial charge is 0.493 e. The molecule has 0 saturated carbocycles. The Morgan fingerprint density at radius 1 is 1.07 bits per heavy atom. The Balaban J connectivity index is 1.65. The lowest BCUT2D eigenvalue weighted by molar-refractivity contribution is 0.272. The number of rotatable bonds is 7. The van der Waals surface area contributed by atoms with Gasteiger partial charge in [-0.3, -0.25) is 0 Å². The van der Waals surface area contributed by atoms with Crippen molar-refractivity contribution in [2.75, 3.05) is 7.11 Å². The van der Waals surface area contributed by atoms with Gasteiger partial charge in [0.15, 0.2) is 22.5 Å². The van der Waals surface area contributed by atoms with Gasteiger partial charge in [-0.05, 0) is 42.3 Å². The minimum absolute atomic E-state index is 0.297. The van der Waals surface area contributed by atoms with Crippen molar-refractivity contribution in [1.29, 1.82) is 0 Å². The zero-order chi connectivity index (χ0) is 19.4. The van der Waals surface area contributed by atoms with Gasteiger partial charge in [-0.25, -0.2) is 0 Å². The Morgan fingerprint density at radius 2 is 1.89 bits per heavy atom. The number of benzene rings is 2. The third-order valence-corrected chi connectivity index (χ3v) is 5.63. The molecule has 0 aliphatic heterocycles. The maximum absolute atomic E-state index is 6.23. The lowest BCUT2D eigenvalue weighted by atomic mass is 10.2. The molecule has 0 aliphatic rings. The highest BCUT2D eigenvalue weighted by molar-refractivity contribution is 7.98. The van der Waals surface area contributed by atoms with Crippen LogP contribution in [0.1, 0.15) is 17.0 Å². The van der Waals surface area contributed by atoms with Crippen molar-refractivity contribution in [3.63, 3.8) is 0 Å². The Bertz CT molecular complexity index is 947. The number of aryl methyl sites for hydroxylation is 1. The minimum Gasteiger partial charge on any atom is -0.493 e. The molecule has 0 aliphatic carbocycles. The molecule has 0 fully saturated rings. The molecular formula is C19H19Cl2N3O2S. The second-order valence-electron chi connectivity index (χ2n) is 5.93. The molecule has 5 nitrogen and oxygen atoms in total. The van der Waals surface area contributed by atoms with Crippen molar-refractivity contribution < 1.29 is 9.47 Å². The lowest BCUT2D eigenvalue weighted by Crippen LogP contribution is -2.05. The summed E-state index contributed by atoms with van der Waals surface area (Å²) in [4.78, 5) is 0. The average molecular weight is 424 g/mol. The molecular weight excluding hydrogens is 405 g/mol. The summed E-state index contributed by atoms with van der Waals surface area (Å²) in [7, 11) is 3.54. The van der Waals surface area contributed by atoms with Crippen LogP contribution in [0.5, 0.6) is 11.5 Å². The van der Waals surface area contributed by atoms with Crippen molar-refractivity contribution in [1.82, 2.24) is 14.8 Å². The van der Waals surface area contributed by atoms with Crippen LogP contribution in [0.2, 0.25) is 10.0 Å². The van der Waals surface area contributed by atoms with Gasteiger partial charge in [-0.15, -0.1) is 10.2 Å².